The SMILES string of the molecule is O=C(O/C(=N/n1nnc(-c2ccccc2)c1-c1ccccc1)c1ccccc1)c1ccccc1. The van der Waals surface area contributed by atoms with Crippen molar-refractivity contribution in [1.29, 1.82) is 0 Å². The Bertz CT molecular complexity index is 1420. The maximum Gasteiger partial charge on any atom is 0.344 e. The van der Waals surface area contributed by atoms with Crippen LogP contribution in [0.15, 0.2) is 126 Å². The first kappa shape index (κ1) is 21.0. The van der Waals surface area contributed by atoms with Gasteiger partial charge >= 0.3 is 5.97 Å². The van der Waals surface area contributed by atoms with E-state index in [9.17, 15) is 4.79 Å². The van der Waals surface area contributed by atoms with Crippen molar-refractivity contribution >= 4 is 11.9 Å². The number of benzene rings is 4. The van der Waals surface area contributed by atoms with E-state index in [0.29, 0.717) is 22.5 Å². The summed E-state index contributed by atoms with van der Waals surface area (Å²) in [5.41, 5.74) is 4.23. The zero-order valence-corrected chi connectivity index (χ0v) is 18.2. The third-order valence-electron chi connectivity index (χ3n) is 5.15. The highest BCUT2D eigenvalue weighted by Gasteiger charge is 2.19. The van der Waals surface area contributed by atoms with Crippen LogP contribution >= 0.6 is 0 Å². The number of carbonyl (C=O) groups is 1. The van der Waals surface area contributed by atoms with Crippen molar-refractivity contribution < 1.29 is 9.53 Å². The Balaban J connectivity index is 1.64. The van der Waals surface area contributed by atoms with Crippen molar-refractivity contribution in [2.75, 3.05) is 0 Å². The van der Waals surface area contributed by atoms with Crippen molar-refractivity contribution in [2.24, 2.45) is 5.10 Å². The molecule has 164 valence electrons. The second-order valence-corrected chi connectivity index (χ2v) is 7.43. The molecule has 0 radical (unpaired) electrons. The molecule has 5 rings (SSSR count). The predicted octanol–water partition coefficient (Wildman–Crippen LogP) is 5.68. The van der Waals surface area contributed by atoms with Crippen LogP contribution < -0.4 is 0 Å². The minimum atomic E-state index is -0.507. The number of aromatic nitrogens is 3. The highest BCUT2D eigenvalue weighted by atomic mass is 16.5. The van der Waals surface area contributed by atoms with Crippen LogP contribution in [0.1, 0.15) is 15.9 Å². The standard InChI is InChI=1S/C28H20N4O2/c33-28(24-19-11-4-12-20-24)34-27(23-17-9-3-10-18-23)30-32-26(22-15-7-2-8-16-22)25(29-31-32)21-13-5-1-6-14-21/h1-20H/b30-27+. The Morgan fingerprint density at radius 3 is 1.74 bits per heavy atom. The van der Waals surface area contributed by atoms with Crippen molar-refractivity contribution in [1.82, 2.24) is 15.1 Å². The number of hydrogen-bond acceptors (Lipinski definition) is 5. The number of ether oxygens (including phenoxy) is 1. The minimum absolute atomic E-state index is 0.121. The van der Waals surface area contributed by atoms with Crippen LogP contribution in [-0.2, 0) is 4.74 Å². The molecule has 0 aliphatic rings. The Morgan fingerprint density at radius 2 is 1.15 bits per heavy atom. The Morgan fingerprint density at radius 1 is 0.647 bits per heavy atom. The Hall–Kier alpha value is -4.84. The average molecular weight is 444 g/mol. The molecule has 0 saturated heterocycles. The molecular weight excluding hydrogens is 424 g/mol. The number of nitrogens with zero attached hydrogens (tertiary/aromatic N) is 4. The molecule has 0 N–H and O–H groups in total. The van der Waals surface area contributed by atoms with Crippen LogP contribution in [0.3, 0.4) is 0 Å². The quantitative estimate of drug-likeness (QED) is 0.199. The summed E-state index contributed by atoms with van der Waals surface area (Å²) in [6.07, 6.45) is 0. The summed E-state index contributed by atoms with van der Waals surface area (Å²) in [6, 6.07) is 37.6. The van der Waals surface area contributed by atoms with Gasteiger partial charge in [0.05, 0.1) is 5.56 Å². The molecule has 0 aliphatic heterocycles. The van der Waals surface area contributed by atoms with Gasteiger partial charge in [-0.1, -0.05) is 97.1 Å². The molecule has 0 fully saturated rings. The first-order valence-corrected chi connectivity index (χ1v) is 10.8. The molecule has 6 nitrogen and oxygen atoms in total. The van der Waals surface area contributed by atoms with E-state index >= 15 is 0 Å². The molecule has 0 bridgehead atoms. The van der Waals surface area contributed by atoms with Gasteiger partial charge < -0.3 is 4.74 Å². The maximum absolute atomic E-state index is 12.9. The second kappa shape index (κ2) is 9.75. The van der Waals surface area contributed by atoms with Crippen molar-refractivity contribution in [2.45, 2.75) is 0 Å². The van der Waals surface area contributed by atoms with E-state index in [-0.39, 0.29) is 5.90 Å². The lowest BCUT2D eigenvalue weighted by atomic mass is 10.1. The van der Waals surface area contributed by atoms with Gasteiger partial charge in [-0.25, -0.2) is 4.79 Å². The van der Waals surface area contributed by atoms with E-state index < -0.39 is 5.97 Å². The highest BCUT2D eigenvalue weighted by Crippen LogP contribution is 2.30. The fraction of sp³-hybridized carbons (Fsp3) is 0. The topological polar surface area (TPSA) is 69.4 Å². The van der Waals surface area contributed by atoms with Crippen LogP contribution in [0.5, 0.6) is 0 Å². The molecule has 0 saturated carbocycles. The van der Waals surface area contributed by atoms with Crippen LogP contribution in [0, 0.1) is 0 Å². The van der Waals surface area contributed by atoms with Crippen LogP contribution in [0.25, 0.3) is 22.5 Å². The summed E-state index contributed by atoms with van der Waals surface area (Å²) in [4.78, 5) is 14.3. The fourth-order valence-electron chi connectivity index (χ4n) is 3.51. The van der Waals surface area contributed by atoms with Crippen LogP contribution in [0.2, 0.25) is 0 Å². The second-order valence-electron chi connectivity index (χ2n) is 7.43. The molecular formula is C28H20N4O2. The summed E-state index contributed by atoms with van der Waals surface area (Å²) in [6.45, 7) is 0. The molecule has 5 aromatic rings. The van der Waals surface area contributed by atoms with E-state index in [1.165, 1.54) is 4.79 Å². The van der Waals surface area contributed by atoms with E-state index in [2.05, 4.69) is 15.4 Å². The van der Waals surface area contributed by atoms with Gasteiger partial charge in [0.15, 0.2) is 0 Å². The first-order valence-electron chi connectivity index (χ1n) is 10.8. The van der Waals surface area contributed by atoms with Gasteiger partial charge in [0.1, 0.15) is 11.4 Å². The van der Waals surface area contributed by atoms with Gasteiger partial charge in [0.2, 0.25) is 5.90 Å². The zero-order chi connectivity index (χ0) is 23.2. The molecule has 1 heterocycles. The largest absolute Gasteiger partial charge is 0.402 e. The molecule has 0 unspecified atom stereocenters. The molecule has 0 spiro atoms. The summed E-state index contributed by atoms with van der Waals surface area (Å²) >= 11 is 0. The smallest absolute Gasteiger partial charge is 0.344 e. The molecule has 4 aromatic carbocycles. The lowest BCUT2D eigenvalue weighted by Gasteiger charge is -2.09. The van der Waals surface area contributed by atoms with Crippen LogP contribution in [-0.4, -0.2) is 27.0 Å². The lowest BCUT2D eigenvalue weighted by Crippen LogP contribution is -2.16. The monoisotopic (exact) mass is 444 g/mol. The van der Waals surface area contributed by atoms with E-state index in [4.69, 9.17) is 4.74 Å². The van der Waals surface area contributed by atoms with E-state index in [1.54, 1.807) is 24.3 Å². The highest BCUT2D eigenvalue weighted by molar-refractivity contribution is 6.05. The number of rotatable bonds is 5. The third kappa shape index (κ3) is 4.52. The first-order chi connectivity index (χ1) is 16.8. The molecule has 0 atom stereocenters. The number of esters is 1. The summed E-state index contributed by atoms with van der Waals surface area (Å²) in [7, 11) is 0. The lowest BCUT2D eigenvalue weighted by molar-refractivity contribution is 0.0716. The van der Waals surface area contributed by atoms with Gasteiger partial charge in [0, 0.05) is 16.7 Å². The zero-order valence-electron chi connectivity index (χ0n) is 18.2. The molecule has 34 heavy (non-hydrogen) atoms. The van der Waals surface area contributed by atoms with E-state index in [0.717, 1.165) is 11.1 Å². The third-order valence-corrected chi connectivity index (χ3v) is 5.15. The molecule has 1 aromatic heterocycles. The summed E-state index contributed by atoms with van der Waals surface area (Å²) in [5, 5.41) is 13.3. The van der Waals surface area contributed by atoms with Gasteiger partial charge in [-0.3, -0.25) is 0 Å². The van der Waals surface area contributed by atoms with Crippen molar-refractivity contribution in [3.63, 3.8) is 0 Å². The average Bonchev–Trinajstić information content (AvgIpc) is 3.34. The van der Waals surface area contributed by atoms with Crippen LogP contribution in [0.4, 0.5) is 0 Å². The Kier molecular flexibility index (Phi) is 6.03. The van der Waals surface area contributed by atoms with Crippen molar-refractivity contribution in [3.05, 3.63) is 132 Å². The van der Waals surface area contributed by atoms with Gasteiger partial charge in [-0.05, 0) is 29.5 Å². The number of hydrogen-bond donors (Lipinski definition) is 0. The fourth-order valence-corrected chi connectivity index (χ4v) is 3.51. The van der Waals surface area contributed by atoms with Gasteiger partial charge in [-0.2, -0.15) is 0 Å². The minimum Gasteiger partial charge on any atom is -0.402 e. The van der Waals surface area contributed by atoms with Gasteiger partial charge in [-0.15, -0.1) is 15.0 Å². The summed E-state index contributed by atoms with van der Waals surface area (Å²) in [5.74, 6) is -0.385. The molecule has 0 aliphatic carbocycles. The summed E-state index contributed by atoms with van der Waals surface area (Å²) < 4.78 is 5.75. The molecule has 6 heteroatoms. The normalized spacial score (nSPS) is 11.2. The van der Waals surface area contributed by atoms with Crippen molar-refractivity contribution in [3.8, 4) is 22.5 Å². The predicted molar refractivity (Wildman–Crippen MR) is 131 cm³/mol. The maximum atomic E-state index is 12.9. The number of carbonyl (C=O) groups excluding carboxylic acids is 1. The molecule has 0 amide bonds. The van der Waals surface area contributed by atoms with Gasteiger partial charge in [0.25, 0.3) is 0 Å². The Labute approximate surface area is 196 Å². The van der Waals surface area contributed by atoms with E-state index in [1.807, 2.05) is 97.1 Å².